The molecule has 0 bridgehead atoms. The van der Waals surface area contributed by atoms with E-state index in [1.807, 2.05) is 6.07 Å². The summed E-state index contributed by atoms with van der Waals surface area (Å²) in [6.07, 6.45) is 6.06. The van der Waals surface area contributed by atoms with Gasteiger partial charge in [-0.25, -0.2) is 4.98 Å². The average molecular weight is 337 g/mol. The van der Waals surface area contributed by atoms with Crippen LogP contribution in [-0.2, 0) is 16.1 Å². The molecule has 2 aromatic rings. The van der Waals surface area contributed by atoms with Gasteiger partial charge < -0.3 is 9.80 Å². The largest absolute Gasteiger partial charge is 0.328 e. The summed E-state index contributed by atoms with van der Waals surface area (Å²) >= 11 is 0. The van der Waals surface area contributed by atoms with Gasteiger partial charge in [0.25, 0.3) is 0 Å². The van der Waals surface area contributed by atoms with Crippen LogP contribution < -0.4 is 0 Å². The van der Waals surface area contributed by atoms with Gasteiger partial charge in [-0.1, -0.05) is 6.07 Å². The predicted molar refractivity (Wildman–Crippen MR) is 83.9 cm³/mol. The Morgan fingerprint density at radius 1 is 1.12 bits per heavy atom. The highest BCUT2D eigenvalue weighted by atomic mass is 16.2. The van der Waals surface area contributed by atoms with E-state index < -0.39 is 17.4 Å². The van der Waals surface area contributed by atoms with Gasteiger partial charge in [0.05, 0.1) is 18.5 Å². The fraction of sp³-hybridized carbons (Fsp3) is 0.375. The molecule has 0 unspecified atom stereocenters. The highest BCUT2D eigenvalue weighted by Crippen LogP contribution is 2.41. The van der Waals surface area contributed by atoms with Gasteiger partial charge in [-0.2, -0.15) is 15.5 Å². The summed E-state index contributed by atoms with van der Waals surface area (Å²) in [5.41, 5.74) is 0.0608. The van der Waals surface area contributed by atoms with Crippen molar-refractivity contribution in [3.05, 3.63) is 36.3 Å². The van der Waals surface area contributed by atoms with E-state index in [9.17, 15) is 14.9 Å². The second-order valence-corrected chi connectivity index (χ2v) is 6.17. The molecule has 1 aliphatic carbocycles. The third-order valence-corrected chi connectivity index (χ3v) is 4.56. The van der Waals surface area contributed by atoms with Gasteiger partial charge >= 0.3 is 11.8 Å². The van der Waals surface area contributed by atoms with Gasteiger partial charge in [0.2, 0.25) is 0 Å². The number of nitrogens with zero attached hydrogens (tertiary/aromatic N) is 7. The van der Waals surface area contributed by atoms with Crippen LogP contribution in [0.5, 0.6) is 0 Å². The molecule has 1 aliphatic heterocycles. The molecule has 0 radical (unpaired) electrons. The Labute approximate surface area is 143 Å². The van der Waals surface area contributed by atoms with Crippen LogP contribution in [0, 0.1) is 11.3 Å². The molecular formula is C16H15N7O2. The van der Waals surface area contributed by atoms with Gasteiger partial charge in [-0.05, 0) is 24.5 Å². The van der Waals surface area contributed by atoms with E-state index in [-0.39, 0.29) is 0 Å². The molecular weight excluding hydrogens is 322 g/mol. The fourth-order valence-corrected chi connectivity index (χ4v) is 2.98. The summed E-state index contributed by atoms with van der Waals surface area (Å²) in [7, 11) is 0. The fourth-order valence-electron chi connectivity index (χ4n) is 2.98. The zero-order valence-corrected chi connectivity index (χ0v) is 13.4. The quantitative estimate of drug-likeness (QED) is 0.720. The summed E-state index contributed by atoms with van der Waals surface area (Å²) in [5.74, 6) is -0.577. The summed E-state index contributed by atoms with van der Waals surface area (Å²) in [4.78, 5) is 33.3. The monoisotopic (exact) mass is 337 g/mol. The smallest absolute Gasteiger partial charge is 0.313 e. The molecule has 3 heterocycles. The number of nitriles is 1. The molecule has 1 saturated carbocycles. The van der Waals surface area contributed by atoms with Crippen molar-refractivity contribution in [3.8, 4) is 11.9 Å². The first-order valence-electron chi connectivity index (χ1n) is 7.97. The SMILES string of the molecule is N#CC1(N2CCN(Cc3ccc(-n4nccn4)nc3)C(=O)C2=O)CC1. The first-order valence-corrected chi connectivity index (χ1v) is 7.97. The number of hydrogen-bond acceptors (Lipinski definition) is 6. The molecule has 1 saturated heterocycles. The van der Waals surface area contributed by atoms with Crippen LogP contribution in [0.4, 0.5) is 0 Å². The zero-order chi connectivity index (χ0) is 17.4. The summed E-state index contributed by atoms with van der Waals surface area (Å²) in [6.45, 7) is 1.11. The molecule has 0 spiro atoms. The Bertz CT molecular complexity index is 850. The van der Waals surface area contributed by atoms with Gasteiger partial charge in [0.15, 0.2) is 5.82 Å². The average Bonchev–Trinajstić information content (AvgIpc) is 3.23. The van der Waals surface area contributed by atoms with E-state index in [0.717, 1.165) is 5.56 Å². The minimum Gasteiger partial charge on any atom is -0.328 e. The number of piperazine rings is 1. The van der Waals surface area contributed by atoms with Gasteiger partial charge in [0, 0.05) is 25.8 Å². The molecule has 2 fully saturated rings. The maximum absolute atomic E-state index is 12.4. The van der Waals surface area contributed by atoms with Crippen LogP contribution in [0.2, 0.25) is 0 Å². The molecule has 2 amide bonds. The molecule has 2 aliphatic rings. The first-order chi connectivity index (χ1) is 12.1. The number of amides is 2. The highest BCUT2D eigenvalue weighted by molar-refractivity contribution is 6.35. The Morgan fingerprint density at radius 3 is 2.48 bits per heavy atom. The molecule has 2 aromatic heterocycles. The second kappa shape index (κ2) is 5.66. The van der Waals surface area contributed by atoms with Crippen molar-refractivity contribution >= 4 is 11.8 Å². The molecule has 0 N–H and O–H groups in total. The van der Waals surface area contributed by atoms with Crippen molar-refractivity contribution in [2.45, 2.75) is 24.9 Å². The van der Waals surface area contributed by atoms with Crippen molar-refractivity contribution < 1.29 is 9.59 Å². The van der Waals surface area contributed by atoms with E-state index in [1.54, 1.807) is 24.7 Å². The van der Waals surface area contributed by atoms with Crippen molar-refractivity contribution in [3.63, 3.8) is 0 Å². The minimum absolute atomic E-state index is 0.303. The van der Waals surface area contributed by atoms with Crippen molar-refractivity contribution in [1.29, 1.82) is 5.26 Å². The van der Waals surface area contributed by atoms with Crippen molar-refractivity contribution in [1.82, 2.24) is 29.8 Å². The van der Waals surface area contributed by atoms with E-state index >= 15 is 0 Å². The minimum atomic E-state index is -0.751. The number of rotatable bonds is 4. The molecule has 25 heavy (non-hydrogen) atoms. The van der Waals surface area contributed by atoms with Gasteiger partial charge in [0.1, 0.15) is 5.54 Å². The number of aromatic nitrogens is 4. The first kappa shape index (κ1) is 15.3. The van der Waals surface area contributed by atoms with Crippen LogP contribution in [0.1, 0.15) is 18.4 Å². The number of carbonyl (C=O) groups is 2. The number of carbonyl (C=O) groups excluding carboxylic acids is 2. The Hall–Kier alpha value is -3.28. The van der Waals surface area contributed by atoms with Gasteiger partial charge in [-0.15, -0.1) is 4.80 Å². The molecule has 0 aromatic carbocycles. The van der Waals surface area contributed by atoms with Crippen LogP contribution in [-0.4, -0.2) is 60.2 Å². The lowest BCUT2D eigenvalue weighted by atomic mass is 10.1. The molecule has 4 rings (SSSR count). The van der Waals surface area contributed by atoms with E-state index in [4.69, 9.17) is 0 Å². The van der Waals surface area contributed by atoms with E-state index in [0.29, 0.717) is 38.3 Å². The molecule has 9 heteroatoms. The number of hydrogen-bond donors (Lipinski definition) is 0. The van der Waals surface area contributed by atoms with Crippen LogP contribution in [0.25, 0.3) is 5.82 Å². The third kappa shape index (κ3) is 2.61. The van der Waals surface area contributed by atoms with Crippen molar-refractivity contribution in [2.75, 3.05) is 13.1 Å². The summed E-state index contributed by atoms with van der Waals surface area (Å²) in [5, 5.41) is 17.2. The highest BCUT2D eigenvalue weighted by Gasteiger charge is 2.53. The van der Waals surface area contributed by atoms with Crippen molar-refractivity contribution in [2.24, 2.45) is 0 Å². The maximum Gasteiger partial charge on any atom is 0.313 e. The van der Waals surface area contributed by atoms with E-state index in [2.05, 4.69) is 21.3 Å². The summed E-state index contributed by atoms with van der Waals surface area (Å²) in [6, 6.07) is 5.75. The molecule has 0 atom stereocenters. The Kier molecular flexibility index (Phi) is 3.46. The topological polar surface area (TPSA) is 108 Å². The lowest BCUT2D eigenvalue weighted by Crippen LogP contribution is -2.57. The lowest BCUT2D eigenvalue weighted by molar-refractivity contribution is -0.158. The number of pyridine rings is 1. The second-order valence-electron chi connectivity index (χ2n) is 6.17. The zero-order valence-electron chi connectivity index (χ0n) is 13.4. The maximum atomic E-state index is 12.4. The Balaban J connectivity index is 1.44. The Morgan fingerprint density at radius 2 is 1.88 bits per heavy atom. The van der Waals surface area contributed by atoms with E-state index in [1.165, 1.54) is 14.6 Å². The molecule has 126 valence electrons. The summed E-state index contributed by atoms with van der Waals surface area (Å²) < 4.78 is 0. The predicted octanol–water partition coefficient (Wildman–Crippen LogP) is -0.111. The van der Waals surface area contributed by atoms with Crippen LogP contribution in [0.15, 0.2) is 30.7 Å². The van der Waals surface area contributed by atoms with Gasteiger partial charge in [-0.3, -0.25) is 9.59 Å². The van der Waals surface area contributed by atoms with Crippen LogP contribution in [0.3, 0.4) is 0 Å². The standard InChI is InChI=1S/C16H15N7O2/c17-11-16(3-4-16)22-8-7-21(14(24)15(22)25)10-12-1-2-13(18-9-12)23-19-5-6-20-23/h1-2,5-6,9H,3-4,7-8,10H2. The van der Waals surface area contributed by atoms with Crippen LogP contribution >= 0.6 is 0 Å². The normalized spacial score (nSPS) is 19.0. The lowest BCUT2D eigenvalue weighted by Gasteiger charge is -2.36. The molecule has 9 nitrogen and oxygen atoms in total. The third-order valence-electron chi connectivity index (χ3n) is 4.56.